The molecule has 0 fully saturated rings. The molecule has 0 amide bonds. The average molecular weight is 378 g/mol. The summed E-state index contributed by atoms with van der Waals surface area (Å²) in [5.74, 6) is 1.33. The van der Waals surface area contributed by atoms with Crippen LogP contribution in [0.15, 0.2) is 46.6 Å². The third-order valence-electron chi connectivity index (χ3n) is 4.44. The molecule has 4 nitrogen and oxygen atoms in total. The molecule has 0 atom stereocenters. The number of aryl methyl sites for hydroxylation is 1. The maximum atomic E-state index is 9.42. The van der Waals surface area contributed by atoms with E-state index in [1.54, 1.807) is 11.8 Å². The molecule has 2 aromatic carbocycles. The topological polar surface area (TPSA) is 57.7 Å². The van der Waals surface area contributed by atoms with Gasteiger partial charge in [0.2, 0.25) is 0 Å². The van der Waals surface area contributed by atoms with Crippen LogP contribution in [0.25, 0.3) is 0 Å². The van der Waals surface area contributed by atoms with Gasteiger partial charge >= 0.3 is 0 Å². The van der Waals surface area contributed by atoms with Crippen molar-refractivity contribution in [2.45, 2.75) is 45.0 Å². The highest BCUT2D eigenvalue weighted by Crippen LogP contribution is 2.30. The van der Waals surface area contributed by atoms with Crippen LogP contribution in [-0.2, 0) is 18.6 Å². The van der Waals surface area contributed by atoms with Gasteiger partial charge in [0.05, 0.1) is 11.7 Å². The van der Waals surface area contributed by atoms with E-state index in [9.17, 15) is 5.26 Å². The minimum absolute atomic E-state index is 0.0369. The zero-order valence-corrected chi connectivity index (χ0v) is 16.6. The van der Waals surface area contributed by atoms with Gasteiger partial charge in [-0.2, -0.15) is 10.4 Å². The normalized spacial score (nSPS) is 13.3. The highest BCUT2D eigenvalue weighted by Gasteiger charge is 2.18. The first-order valence-electron chi connectivity index (χ1n) is 9.09. The number of hydrogen-bond donors (Lipinski definition) is 0. The largest absolute Gasteiger partial charge is 0.490 e. The first kappa shape index (κ1) is 19.2. The molecule has 0 radical (unpaired) electrons. The van der Waals surface area contributed by atoms with Crippen LogP contribution in [0.2, 0.25) is 0 Å². The van der Waals surface area contributed by atoms with Crippen molar-refractivity contribution in [2.75, 3.05) is 0 Å². The van der Waals surface area contributed by atoms with Gasteiger partial charge < -0.3 is 4.74 Å². The van der Waals surface area contributed by atoms with E-state index in [1.165, 1.54) is 17.5 Å². The Bertz CT molecular complexity index is 912. The summed E-state index contributed by atoms with van der Waals surface area (Å²) >= 11 is 1.62. The quantitative estimate of drug-likeness (QED) is 0.398. The van der Waals surface area contributed by atoms with E-state index in [0.717, 1.165) is 29.0 Å². The zero-order chi connectivity index (χ0) is 19.2. The molecule has 0 aromatic heterocycles. The fraction of sp³-hybridized carbons (Fsp3) is 0.318. The number of thioether (sulfide) groups is 1. The summed E-state index contributed by atoms with van der Waals surface area (Å²) in [4.78, 5) is 0. The molecule has 3 rings (SSSR count). The Hall–Kier alpha value is -2.58. The van der Waals surface area contributed by atoms with Gasteiger partial charge in [0.1, 0.15) is 16.9 Å². The minimum atomic E-state index is 0.0369. The summed E-state index contributed by atoms with van der Waals surface area (Å²) < 4.78 is 5.70. The second-order valence-corrected chi connectivity index (χ2v) is 7.71. The lowest BCUT2D eigenvalue weighted by atomic mass is 10.0. The number of nitriles is 1. The smallest absolute Gasteiger partial charge is 0.137 e. The lowest BCUT2D eigenvalue weighted by Gasteiger charge is -2.13. The van der Waals surface area contributed by atoms with Crippen LogP contribution >= 0.6 is 11.8 Å². The average Bonchev–Trinajstić information content (AvgIpc) is 3.14. The van der Waals surface area contributed by atoms with Crippen molar-refractivity contribution in [3.63, 3.8) is 0 Å². The van der Waals surface area contributed by atoms with E-state index < -0.39 is 0 Å². The molecular weight excluding hydrogens is 354 g/mol. The fourth-order valence-electron chi connectivity index (χ4n) is 3.31. The number of fused-ring (bicyclic) bond motifs is 1. The fourth-order valence-corrected chi connectivity index (χ4v) is 4.25. The molecule has 0 saturated carbocycles. The molecule has 0 unspecified atom stereocenters. The van der Waals surface area contributed by atoms with E-state index in [4.69, 9.17) is 4.74 Å². The van der Waals surface area contributed by atoms with Gasteiger partial charge in [-0.1, -0.05) is 36.0 Å². The zero-order valence-electron chi connectivity index (χ0n) is 15.7. The molecule has 0 N–H and O–H groups in total. The summed E-state index contributed by atoms with van der Waals surface area (Å²) in [6.45, 7) is 7.44. The summed E-state index contributed by atoms with van der Waals surface area (Å²) in [6.07, 6.45) is 3.44. The van der Waals surface area contributed by atoms with Crippen LogP contribution in [-0.4, -0.2) is 17.9 Å². The lowest BCUT2D eigenvalue weighted by Crippen LogP contribution is -2.07. The summed E-state index contributed by atoms with van der Waals surface area (Å²) in [5.41, 5.74) is 5.56. The van der Waals surface area contributed by atoms with E-state index in [-0.39, 0.29) is 6.10 Å². The van der Waals surface area contributed by atoms with Crippen molar-refractivity contribution in [1.29, 1.82) is 5.26 Å². The Morgan fingerprint density at radius 1 is 1.30 bits per heavy atom. The first-order chi connectivity index (χ1) is 13.1. The monoisotopic (exact) mass is 377 g/mol. The van der Waals surface area contributed by atoms with E-state index >= 15 is 0 Å². The van der Waals surface area contributed by atoms with Crippen molar-refractivity contribution in [2.24, 2.45) is 10.2 Å². The Morgan fingerprint density at radius 3 is 2.89 bits per heavy atom. The second kappa shape index (κ2) is 8.88. The van der Waals surface area contributed by atoms with E-state index in [0.29, 0.717) is 17.1 Å². The Labute approximate surface area is 165 Å². The molecule has 0 aliphatic heterocycles. The molecule has 5 heteroatoms. The Kier molecular flexibility index (Phi) is 6.31. The molecular formula is C22H23N3OS. The standard InChI is InChI=1S/C22H23N3OS/c1-15(2)26-21-11-10-16(12-18(21)13-23)14-27-22(25-24-3)20-9-5-7-17-6-4-8-19(17)20/h5,7,9-12,15H,3-4,6,8,14H2,1-2H3/b25-22-. The SMILES string of the molecule is C=N/N=C(\SCc1ccc(OC(C)C)c(C#N)c1)c1cccc2c1CCC2. The summed E-state index contributed by atoms with van der Waals surface area (Å²) in [5, 5.41) is 18.4. The van der Waals surface area contributed by atoms with Crippen molar-refractivity contribution < 1.29 is 4.74 Å². The third-order valence-corrected chi connectivity index (χ3v) is 5.49. The Morgan fingerprint density at radius 2 is 2.15 bits per heavy atom. The first-order valence-corrected chi connectivity index (χ1v) is 10.1. The van der Waals surface area contributed by atoms with Gasteiger partial charge in [-0.15, -0.1) is 5.10 Å². The summed E-state index contributed by atoms with van der Waals surface area (Å²) in [7, 11) is 0. The predicted molar refractivity (Wildman–Crippen MR) is 113 cm³/mol. The molecule has 0 saturated heterocycles. The summed E-state index contributed by atoms with van der Waals surface area (Å²) in [6, 6.07) is 14.4. The van der Waals surface area contributed by atoms with Crippen LogP contribution in [0, 0.1) is 11.3 Å². The number of nitrogens with zero attached hydrogens (tertiary/aromatic N) is 3. The molecule has 0 heterocycles. The van der Waals surface area contributed by atoms with Gasteiger partial charge in [0.25, 0.3) is 0 Å². The van der Waals surface area contributed by atoms with Crippen LogP contribution < -0.4 is 4.74 Å². The van der Waals surface area contributed by atoms with E-state index in [2.05, 4.69) is 41.2 Å². The molecule has 27 heavy (non-hydrogen) atoms. The van der Waals surface area contributed by atoms with Crippen molar-refractivity contribution in [3.8, 4) is 11.8 Å². The Balaban J connectivity index is 1.80. The second-order valence-electron chi connectivity index (χ2n) is 6.74. The lowest BCUT2D eigenvalue weighted by molar-refractivity contribution is 0.241. The van der Waals surface area contributed by atoms with Gasteiger partial charge in [-0.3, -0.25) is 0 Å². The van der Waals surface area contributed by atoms with Crippen molar-refractivity contribution in [1.82, 2.24) is 0 Å². The molecule has 0 spiro atoms. The van der Waals surface area contributed by atoms with Crippen LogP contribution in [0.1, 0.15) is 48.1 Å². The predicted octanol–water partition coefficient (Wildman–Crippen LogP) is 5.13. The van der Waals surface area contributed by atoms with Gasteiger partial charge in [-0.05, 0) is 61.9 Å². The third kappa shape index (κ3) is 4.58. The van der Waals surface area contributed by atoms with Crippen molar-refractivity contribution in [3.05, 3.63) is 64.2 Å². The highest BCUT2D eigenvalue weighted by atomic mass is 32.2. The van der Waals surface area contributed by atoms with Crippen molar-refractivity contribution >= 4 is 23.5 Å². The van der Waals surface area contributed by atoms with Crippen LogP contribution in [0.5, 0.6) is 5.75 Å². The molecule has 0 bridgehead atoms. The highest BCUT2D eigenvalue weighted by molar-refractivity contribution is 8.13. The number of ether oxygens (including phenoxy) is 1. The van der Waals surface area contributed by atoms with Gasteiger partial charge in [0.15, 0.2) is 0 Å². The molecule has 2 aromatic rings. The maximum Gasteiger partial charge on any atom is 0.137 e. The van der Waals surface area contributed by atoms with Gasteiger partial charge in [-0.25, -0.2) is 0 Å². The maximum absolute atomic E-state index is 9.42. The van der Waals surface area contributed by atoms with Crippen LogP contribution in [0.4, 0.5) is 0 Å². The number of benzene rings is 2. The van der Waals surface area contributed by atoms with Crippen LogP contribution in [0.3, 0.4) is 0 Å². The number of rotatable bonds is 6. The molecule has 1 aliphatic rings. The number of hydrogen-bond acceptors (Lipinski definition) is 5. The molecule has 1 aliphatic carbocycles. The molecule has 138 valence electrons. The van der Waals surface area contributed by atoms with E-state index in [1.807, 2.05) is 32.0 Å². The van der Waals surface area contributed by atoms with Gasteiger partial charge in [0, 0.05) is 18.0 Å². The minimum Gasteiger partial charge on any atom is -0.490 e.